The van der Waals surface area contributed by atoms with E-state index in [-0.39, 0.29) is 19.1 Å². The minimum absolute atomic E-state index is 0.131. The highest BCUT2D eigenvalue weighted by atomic mass is 16.7. The molecule has 3 rings (SSSR count). The molecule has 100 valence electrons. The number of ether oxygens (including phenoxy) is 2. The number of rotatable bonds is 4. The second-order valence-electron chi connectivity index (χ2n) is 4.80. The number of aliphatic carboxylic acids is 1. The SMILES string of the molecule is O=C(Cc1ccc2c(c1)OCO2)NC1(C(=O)O)CC1. The molecular weight excluding hydrogens is 250 g/mol. The van der Waals surface area contributed by atoms with Crippen molar-refractivity contribution in [3.05, 3.63) is 23.8 Å². The van der Waals surface area contributed by atoms with Gasteiger partial charge in [-0.1, -0.05) is 6.07 Å². The number of nitrogens with one attached hydrogen (secondary N) is 1. The predicted octanol–water partition coefficient (Wildman–Crippen LogP) is 0.691. The maximum atomic E-state index is 11.8. The molecule has 2 aliphatic rings. The Morgan fingerprint density at radius 2 is 2.00 bits per heavy atom. The molecule has 6 nitrogen and oxygen atoms in total. The molecule has 1 aliphatic carbocycles. The Kier molecular flexibility index (Phi) is 2.58. The van der Waals surface area contributed by atoms with E-state index in [9.17, 15) is 9.59 Å². The van der Waals surface area contributed by atoms with Gasteiger partial charge in [-0.25, -0.2) is 4.79 Å². The van der Waals surface area contributed by atoms with Gasteiger partial charge in [-0.05, 0) is 30.5 Å². The molecule has 1 aliphatic heterocycles. The molecule has 1 saturated carbocycles. The molecule has 0 radical (unpaired) electrons. The van der Waals surface area contributed by atoms with Gasteiger partial charge in [0.1, 0.15) is 5.54 Å². The van der Waals surface area contributed by atoms with E-state index in [0.29, 0.717) is 24.3 Å². The highest BCUT2D eigenvalue weighted by Gasteiger charge is 2.51. The Morgan fingerprint density at radius 1 is 1.26 bits per heavy atom. The fraction of sp³-hybridized carbons (Fsp3) is 0.385. The third-order valence-corrected chi connectivity index (χ3v) is 3.34. The monoisotopic (exact) mass is 263 g/mol. The van der Waals surface area contributed by atoms with Gasteiger partial charge in [0.2, 0.25) is 12.7 Å². The van der Waals surface area contributed by atoms with Gasteiger partial charge in [0.05, 0.1) is 6.42 Å². The number of fused-ring (bicyclic) bond motifs is 1. The molecular formula is C13H13NO5. The molecule has 0 bridgehead atoms. The number of hydrogen-bond acceptors (Lipinski definition) is 4. The molecule has 0 aromatic heterocycles. The first kappa shape index (κ1) is 11.8. The lowest BCUT2D eigenvalue weighted by Crippen LogP contribution is -2.43. The topological polar surface area (TPSA) is 84.9 Å². The number of carboxylic acids is 1. The number of benzene rings is 1. The zero-order chi connectivity index (χ0) is 13.5. The summed E-state index contributed by atoms with van der Waals surface area (Å²) in [5.41, 5.74) is -0.268. The van der Waals surface area contributed by atoms with Crippen LogP contribution in [0.15, 0.2) is 18.2 Å². The van der Waals surface area contributed by atoms with Gasteiger partial charge in [0, 0.05) is 0 Å². The summed E-state index contributed by atoms with van der Waals surface area (Å²) in [5, 5.41) is 11.6. The average Bonchev–Trinajstić information content (AvgIpc) is 2.99. The Labute approximate surface area is 109 Å². The summed E-state index contributed by atoms with van der Waals surface area (Å²) in [6.45, 7) is 0.188. The molecule has 1 aromatic carbocycles. The predicted molar refractivity (Wildman–Crippen MR) is 64.0 cm³/mol. The van der Waals surface area contributed by atoms with Crippen LogP contribution in [0.4, 0.5) is 0 Å². The minimum Gasteiger partial charge on any atom is -0.480 e. The lowest BCUT2D eigenvalue weighted by atomic mass is 10.1. The average molecular weight is 263 g/mol. The van der Waals surface area contributed by atoms with Gasteiger partial charge in [-0.2, -0.15) is 0 Å². The Bertz CT molecular complexity index is 550. The molecule has 1 fully saturated rings. The third kappa shape index (κ3) is 2.21. The van der Waals surface area contributed by atoms with Crippen LogP contribution in [0.5, 0.6) is 11.5 Å². The zero-order valence-electron chi connectivity index (χ0n) is 10.1. The van der Waals surface area contributed by atoms with Crippen LogP contribution in [0.2, 0.25) is 0 Å². The number of hydrogen-bond donors (Lipinski definition) is 2. The van der Waals surface area contributed by atoms with E-state index >= 15 is 0 Å². The van der Waals surface area contributed by atoms with Crippen LogP contribution in [0.3, 0.4) is 0 Å². The van der Waals surface area contributed by atoms with Gasteiger partial charge in [-0.3, -0.25) is 4.79 Å². The molecule has 1 aromatic rings. The quantitative estimate of drug-likeness (QED) is 0.835. The summed E-state index contributed by atoms with van der Waals surface area (Å²) in [6, 6.07) is 5.25. The summed E-state index contributed by atoms with van der Waals surface area (Å²) in [4.78, 5) is 22.8. The number of amides is 1. The normalized spacial score (nSPS) is 17.9. The molecule has 1 heterocycles. The van der Waals surface area contributed by atoms with Gasteiger partial charge in [0.25, 0.3) is 0 Å². The molecule has 2 N–H and O–H groups in total. The second-order valence-corrected chi connectivity index (χ2v) is 4.80. The van der Waals surface area contributed by atoms with Crippen LogP contribution >= 0.6 is 0 Å². The van der Waals surface area contributed by atoms with Crippen molar-refractivity contribution in [2.24, 2.45) is 0 Å². The Balaban J connectivity index is 1.65. The van der Waals surface area contributed by atoms with Crippen LogP contribution in [0.1, 0.15) is 18.4 Å². The molecule has 1 amide bonds. The summed E-state index contributed by atoms with van der Waals surface area (Å²) in [5.74, 6) is 0.0170. The fourth-order valence-corrected chi connectivity index (χ4v) is 2.06. The van der Waals surface area contributed by atoms with Crippen molar-refractivity contribution in [1.82, 2.24) is 5.32 Å². The largest absolute Gasteiger partial charge is 0.480 e. The summed E-state index contributed by atoms with van der Waals surface area (Å²) in [6.07, 6.45) is 1.12. The standard InChI is InChI=1S/C13H13NO5/c15-11(14-13(3-4-13)12(16)17)6-8-1-2-9-10(5-8)19-7-18-9/h1-2,5H,3-4,6-7H2,(H,14,15)(H,16,17). The van der Waals surface area contributed by atoms with Crippen LogP contribution in [-0.2, 0) is 16.0 Å². The number of carboxylic acid groups (broad SMARTS) is 1. The maximum Gasteiger partial charge on any atom is 0.329 e. The van der Waals surface area contributed by atoms with Gasteiger partial charge < -0.3 is 19.9 Å². The second kappa shape index (κ2) is 4.15. The Hall–Kier alpha value is -2.24. The molecule has 6 heteroatoms. The lowest BCUT2D eigenvalue weighted by molar-refractivity contribution is -0.143. The molecule has 0 unspecified atom stereocenters. The summed E-state index contributed by atoms with van der Waals surface area (Å²) >= 11 is 0. The smallest absolute Gasteiger partial charge is 0.329 e. The fourth-order valence-electron chi connectivity index (χ4n) is 2.06. The lowest BCUT2D eigenvalue weighted by Gasteiger charge is -2.12. The van der Waals surface area contributed by atoms with Crippen molar-refractivity contribution in [2.75, 3.05) is 6.79 Å². The molecule has 19 heavy (non-hydrogen) atoms. The number of carbonyl (C=O) groups excluding carboxylic acids is 1. The highest BCUT2D eigenvalue weighted by Crippen LogP contribution is 2.36. The van der Waals surface area contributed by atoms with Crippen molar-refractivity contribution < 1.29 is 24.2 Å². The van der Waals surface area contributed by atoms with Crippen molar-refractivity contribution in [3.8, 4) is 11.5 Å². The van der Waals surface area contributed by atoms with Gasteiger partial charge in [-0.15, -0.1) is 0 Å². The maximum absolute atomic E-state index is 11.8. The van der Waals surface area contributed by atoms with Crippen molar-refractivity contribution in [3.63, 3.8) is 0 Å². The first-order valence-electron chi connectivity index (χ1n) is 6.02. The summed E-state index contributed by atoms with van der Waals surface area (Å²) in [7, 11) is 0. The van der Waals surface area contributed by atoms with Crippen molar-refractivity contribution in [2.45, 2.75) is 24.8 Å². The van der Waals surface area contributed by atoms with E-state index in [0.717, 1.165) is 5.56 Å². The minimum atomic E-state index is -1.03. The zero-order valence-corrected chi connectivity index (χ0v) is 10.1. The van der Waals surface area contributed by atoms with Crippen LogP contribution in [0, 0.1) is 0 Å². The molecule has 0 spiro atoms. The third-order valence-electron chi connectivity index (χ3n) is 3.34. The van der Waals surface area contributed by atoms with E-state index in [1.165, 1.54) is 0 Å². The van der Waals surface area contributed by atoms with E-state index < -0.39 is 11.5 Å². The van der Waals surface area contributed by atoms with E-state index in [4.69, 9.17) is 14.6 Å². The summed E-state index contributed by atoms with van der Waals surface area (Å²) < 4.78 is 10.4. The van der Waals surface area contributed by atoms with E-state index in [1.807, 2.05) is 0 Å². The van der Waals surface area contributed by atoms with Crippen molar-refractivity contribution >= 4 is 11.9 Å². The van der Waals surface area contributed by atoms with Crippen LogP contribution in [0.25, 0.3) is 0 Å². The first-order chi connectivity index (χ1) is 9.09. The molecule has 0 atom stereocenters. The Morgan fingerprint density at radius 3 is 2.68 bits per heavy atom. The van der Waals surface area contributed by atoms with Crippen LogP contribution in [-0.4, -0.2) is 29.3 Å². The van der Waals surface area contributed by atoms with E-state index in [1.54, 1.807) is 18.2 Å². The number of carbonyl (C=O) groups is 2. The van der Waals surface area contributed by atoms with Gasteiger partial charge >= 0.3 is 5.97 Å². The van der Waals surface area contributed by atoms with Gasteiger partial charge in [0.15, 0.2) is 11.5 Å². The highest BCUT2D eigenvalue weighted by molar-refractivity contribution is 5.90. The van der Waals surface area contributed by atoms with Crippen LogP contribution < -0.4 is 14.8 Å². The van der Waals surface area contributed by atoms with E-state index in [2.05, 4.69) is 5.32 Å². The first-order valence-corrected chi connectivity index (χ1v) is 6.02. The molecule has 0 saturated heterocycles. The van der Waals surface area contributed by atoms with Crippen molar-refractivity contribution in [1.29, 1.82) is 0 Å².